The Morgan fingerprint density at radius 2 is 1.92 bits per heavy atom. The molecule has 0 saturated carbocycles. The first-order valence-electron chi connectivity index (χ1n) is 7.53. The maximum Gasteiger partial charge on any atom is 0.251 e. The van der Waals surface area contributed by atoms with Gasteiger partial charge in [-0.25, -0.2) is 0 Å². The predicted octanol–water partition coefficient (Wildman–Crippen LogP) is 5.30. The van der Waals surface area contributed by atoms with Gasteiger partial charge in [-0.2, -0.15) is 0 Å². The topological polar surface area (TPSA) is 51.5 Å². The molecule has 0 atom stereocenters. The molecular weight excluding hydrogens is 406 g/mol. The molecule has 0 saturated heterocycles. The molecule has 0 unspecified atom stereocenters. The zero-order valence-corrected chi connectivity index (χ0v) is 15.7. The number of rotatable bonds is 5. The van der Waals surface area contributed by atoms with Crippen molar-refractivity contribution in [1.82, 2.24) is 5.32 Å². The molecule has 0 aliphatic heterocycles. The fourth-order valence-electron chi connectivity index (χ4n) is 2.32. The summed E-state index contributed by atoms with van der Waals surface area (Å²) in [6.45, 7) is 0.291. The third kappa shape index (κ3) is 4.24. The van der Waals surface area contributed by atoms with E-state index in [0.717, 1.165) is 15.8 Å². The highest BCUT2D eigenvalue weighted by atomic mass is 79.9. The third-order valence-corrected chi connectivity index (χ3v) is 4.45. The van der Waals surface area contributed by atoms with Gasteiger partial charge in [-0.1, -0.05) is 39.7 Å². The highest BCUT2D eigenvalue weighted by Gasteiger charge is 2.10. The number of halogens is 2. The van der Waals surface area contributed by atoms with Crippen molar-refractivity contribution in [3.05, 3.63) is 75.4 Å². The lowest BCUT2D eigenvalue weighted by Crippen LogP contribution is -2.22. The first-order chi connectivity index (χ1) is 12.1. The third-order valence-electron chi connectivity index (χ3n) is 3.63. The number of ether oxygens (including phenoxy) is 1. The molecule has 0 aliphatic rings. The normalized spacial score (nSPS) is 10.5. The van der Waals surface area contributed by atoms with E-state index in [1.165, 1.54) is 7.11 Å². The van der Waals surface area contributed by atoms with Crippen molar-refractivity contribution in [3.63, 3.8) is 0 Å². The van der Waals surface area contributed by atoms with Gasteiger partial charge in [0.2, 0.25) is 0 Å². The number of hydrogen-bond donors (Lipinski definition) is 1. The van der Waals surface area contributed by atoms with Crippen LogP contribution in [0.15, 0.2) is 63.5 Å². The summed E-state index contributed by atoms with van der Waals surface area (Å²) in [5.41, 5.74) is 1.44. The van der Waals surface area contributed by atoms with E-state index in [4.69, 9.17) is 20.8 Å². The Morgan fingerprint density at radius 3 is 2.60 bits per heavy atom. The SMILES string of the molecule is COc1ccc(C(=O)NCc2ccc(-c3ccc(Br)cc3)o2)cc1Cl. The van der Waals surface area contributed by atoms with E-state index < -0.39 is 0 Å². The number of carbonyl (C=O) groups excluding carboxylic acids is 1. The van der Waals surface area contributed by atoms with E-state index in [1.807, 2.05) is 36.4 Å². The van der Waals surface area contributed by atoms with Crippen LogP contribution in [0, 0.1) is 0 Å². The first-order valence-corrected chi connectivity index (χ1v) is 8.70. The van der Waals surface area contributed by atoms with Crippen LogP contribution in [0.3, 0.4) is 0 Å². The summed E-state index contributed by atoms with van der Waals surface area (Å²) in [5.74, 6) is 1.73. The standard InChI is InChI=1S/C19H15BrClNO3/c1-24-18-8-4-13(10-16(18)21)19(23)22-11-15-7-9-17(25-15)12-2-5-14(20)6-3-12/h2-10H,11H2,1H3,(H,22,23). The van der Waals surface area contributed by atoms with Crippen LogP contribution in [0.2, 0.25) is 5.02 Å². The molecule has 1 amide bonds. The van der Waals surface area contributed by atoms with Crippen molar-refractivity contribution in [2.45, 2.75) is 6.54 Å². The second-order valence-corrected chi connectivity index (χ2v) is 6.63. The molecule has 2 aromatic carbocycles. The Labute approximate surface area is 158 Å². The highest BCUT2D eigenvalue weighted by molar-refractivity contribution is 9.10. The second-order valence-electron chi connectivity index (χ2n) is 5.30. The molecule has 25 heavy (non-hydrogen) atoms. The summed E-state index contributed by atoms with van der Waals surface area (Å²) in [7, 11) is 1.53. The number of carbonyl (C=O) groups is 1. The smallest absolute Gasteiger partial charge is 0.251 e. The molecule has 0 radical (unpaired) electrons. The molecule has 128 valence electrons. The lowest BCUT2D eigenvalue weighted by Gasteiger charge is -2.06. The summed E-state index contributed by atoms with van der Waals surface area (Å²) < 4.78 is 11.9. The molecule has 1 N–H and O–H groups in total. The van der Waals surface area contributed by atoms with E-state index >= 15 is 0 Å². The number of methoxy groups -OCH3 is 1. The lowest BCUT2D eigenvalue weighted by molar-refractivity contribution is 0.0948. The van der Waals surface area contributed by atoms with Gasteiger partial charge < -0.3 is 14.5 Å². The van der Waals surface area contributed by atoms with Gasteiger partial charge in [0.15, 0.2) is 0 Å². The van der Waals surface area contributed by atoms with E-state index in [-0.39, 0.29) is 5.91 Å². The Hall–Kier alpha value is -2.24. The second kappa shape index (κ2) is 7.76. The van der Waals surface area contributed by atoms with E-state index in [9.17, 15) is 4.79 Å². The first kappa shape index (κ1) is 17.6. The molecule has 4 nitrogen and oxygen atoms in total. The highest BCUT2D eigenvalue weighted by Crippen LogP contribution is 2.26. The van der Waals surface area contributed by atoms with Crippen LogP contribution in [0.5, 0.6) is 5.75 Å². The number of amides is 1. The minimum atomic E-state index is -0.230. The molecule has 1 aromatic heterocycles. The van der Waals surface area contributed by atoms with Gasteiger partial charge in [-0.05, 0) is 42.5 Å². The van der Waals surface area contributed by atoms with Crippen molar-refractivity contribution in [2.24, 2.45) is 0 Å². The molecule has 0 fully saturated rings. The zero-order valence-electron chi connectivity index (χ0n) is 13.4. The molecule has 3 rings (SSSR count). The summed E-state index contributed by atoms with van der Waals surface area (Å²) in [6.07, 6.45) is 0. The van der Waals surface area contributed by atoms with E-state index in [2.05, 4.69) is 21.2 Å². The zero-order chi connectivity index (χ0) is 17.8. The van der Waals surface area contributed by atoms with Crippen LogP contribution in [0.1, 0.15) is 16.1 Å². The predicted molar refractivity (Wildman–Crippen MR) is 101 cm³/mol. The number of furan rings is 1. The maximum absolute atomic E-state index is 12.2. The van der Waals surface area contributed by atoms with Crippen molar-refractivity contribution in [2.75, 3.05) is 7.11 Å². The quantitative estimate of drug-likeness (QED) is 0.609. The minimum absolute atomic E-state index is 0.230. The van der Waals surface area contributed by atoms with Crippen LogP contribution >= 0.6 is 27.5 Å². The fourth-order valence-corrected chi connectivity index (χ4v) is 2.84. The van der Waals surface area contributed by atoms with Crippen molar-refractivity contribution >= 4 is 33.4 Å². The minimum Gasteiger partial charge on any atom is -0.495 e. The molecule has 1 heterocycles. The summed E-state index contributed by atoms with van der Waals surface area (Å²) in [4.78, 5) is 12.2. The average Bonchev–Trinajstić information content (AvgIpc) is 3.09. The lowest BCUT2D eigenvalue weighted by atomic mass is 10.2. The Morgan fingerprint density at radius 1 is 1.16 bits per heavy atom. The molecule has 0 spiro atoms. The van der Waals surface area contributed by atoms with Gasteiger partial charge in [0.25, 0.3) is 5.91 Å². The van der Waals surface area contributed by atoms with Gasteiger partial charge in [-0.3, -0.25) is 4.79 Å². The van der Waals surface area contributed by atoms with Crippen LogP contribution < -0.4 is 10.1 Å². The average molecular weight is 421 g/mol. The van der Waals surface area contributed by atoms with Crippen molar-refractivity contribution < 1.29 is 13.9 Å². The number of hydrogen-bond acceptors (Lipinski definition) is 3. The summed E-state index contributed by atoms with van der Waals surface area (Å²) >= 11 is 9.45. The Kier molecular flexibility index (Phi) is 5.46. The number of nitrogens with one attached hydrogen (secondary N) is 1. The van der Waals surface area contributed by atoms with Crippen LogP contribution in [0.25, 0.3) is 11.3 Å². The van der Waals surface area contributed by atoms with Gasteiger partial charge in [-0.15, -0.1) is 0 Å². The van der Waals surface area contributed by atoms with E-state index in [1.54, 1.807) is 18.2 Å². The van der Waals surface area contributed by atoms with Gasteiger partial charge in [0.05, 0.1) is 18.7 Å². The van der Waals surface area contributed by atoms with Crippen molar-refractivity contribution in [1.29, 1.82) is 0 Å². The fraction of sp³-hybridized carbons (Fsp3) is 0.105. The van der Waals surface area contributed by atoms with Crippen LogP contribution in [0.4, 0.5) is 0 Å². The van der Waals surface area contributed by atoms with E-state index in [0.29, 0.717) is 28.6 Å². The molecule has 6 heteroatoms. The maximum atomic E-state index is 12.2. The number of benzene rings is 2. The Balaban J connectivity index is 1.65. The molecular formula is C19H15BrClNO3. The Bertz CT molecular complexity index is 890. The molecule has 3 aromatic rings. The van der Waals surface area contributed by atoms with Crippen LogP contribution in [-0.4, -0.2) is 13.0 Å². The molecule has 0 aliphatic carbocycles. The van der Waals surface area contributed by atoms with Gasteiger partial charge >= 0.3 is 0 Å². The largest absolute Gasteiger partial charge is 0.495 e. The molecule has 0 bridgehead atoms. The summed E-state index contributed by atoms with van der Waals surface area (Å²) in [5, 5.41) is 3.21. The van der Waals surface area contributed by atoms with Crippen LogP contribution in [-0.2, 0) is 6.54 Å². The monoisotopic (exact) mass is 419 g/mol. The summed E-state index contributed by atoms with van der Waals surface area (Å²) in [6, 6.07) is 16.5. The van der Waals surface area contributed by atoms with Crippen molar-refractivity contribution in [3.8, 4) is 17.1 Å². The van der Waals surface area contributed by atoms with Gasteiger partial charge in [0.1, 0.15) is 17.3 Å². The van der Waals surface area contributed by atoms with Gasteiger partial charge in [0, 0.05) is 15.6 Å².